The van der Waals surface area contributed by atoms with Gasteiger partial charge in [-0.15, -0.1) is 11.3 Å². The van der Waals surface area contributed by atoms with Crippen molar-refractivity contribution in [3.8, 4) is 0 Å². The van der Waals surface area contributed by atoms with Gasteiger partial charge in [-0.05, 0) is 46.2 Å². The van der Waals surface area contributed by atoms with E-state index in [4.69, 9.17) is 23.2 Å². The van der Waals surface area contributed by atoms with E-state index in [1.165, 1.54) is 15.6 Å². The van der Waals surface area contributed by atoms with E-state index in [0.717, 1.165) is 22.0 Å². The standard InChI is InChI=1S/C15H10Cl2S/c16-13-4-2-5-14(17)12(13)9-10-3-1-6-15-11(10)7-8-18-15/h1-8H,9H2. The SMILES string of the molecule is Clc1cccc(Cl)c1Cc1cccc2sccc12. The summed E-state index contributed by atoms with van der Waals surface area (Å²) >= 11 is 14.2. The van der Waals surface area contributed by atoms with E-state index in [0.29, 0.717) is 0 Å². The van der Waals surface area contributed by atoms with Gasteiger partial charge in [-0.1, -0.05) is 41.4 Å². The molecule has 0 N–H and O–H groups in total. The minimum absolute atomic E-state index is 0.731. The molecular weight excluding hydrogens is 283 g/mol. The van der Waals surface area contributed by atoms with Crippen LogP contribution in [0.25, 0.3) is 10.1 Å². The fraction of sp³-hybridized carbons (Fsp3) is 0.0667. The Morgan fingerprint density at radius 3 is 2.39 bits per heavy atom. The smallest absolute Gasteiger partial charge is 0.0456 e. The van der Waals surface area contributed by atoms with Gasteiger partial charge >= 0.3 is 0 Å². The summed E-state index contributed by atoms with van der Waals surface area (Å²) in [5, 5.41) is 4.87. The van der Waals surface area contributed by atoms with Gasteiger partial charge in [0.25, 0.3) is 0 Å². The molecule has 18 heavy (non-hydrogen) atoms. The molecule has 1 heterocycles. The maximum absolute atomic E-state index is 6.22. The fourth-order valence-corrected chi connectivity index (χ4v) is 3.47. The Hall–Kier alpha value is -1.02. The molecule has 0 atom stereocenters. The molecule has 0 aliphatic carbocycles. The lowest BCUT2D eigenvalue weighted by Crippen LogP contribution is -1.91. The average Bonchev–Trinajstić information content (AvgIpc) is 2.83. The van der Waals surface area contributed by atoms with Crippen LogP contribution in [0.15, 0.2) is 47.8 Å². The van der Waals surface area contributed by atoms with Crippen LogP contribution in [0.3, 0.4) is 0 Å². The van der Waals surface area contributed by atoms with Gasteiger partial charge in [0.05, 0.1) is 0 Å². The van der Waals surface area contributed by atoms with Crippen LogP contribution in [0.2, 0.25) is 10.0 Å². The van der Waals surface area contributed by atoms with Crippen molar-refractivity contribution in [1.82, 2.24) is 0 Å². The van der Waals surface area contributed by atoms with Crippen molar-refractivity contribution in [3.05, 3.63) is 69.0 Å². The molecule has 90 valence electrons. The second kappa shape index (κ2) is 4.93. The van der Waals surface area contributed by atoms with Gasteiger partial charge in [0.1, 0.15) is 0 Å². The van der Waals surface area contributed by atoms with Crippen LogP contribution < -0.4 is 0 Å². The summed E-state index contributed by atoms with van der Waals surface area (Å²) in [4.78, 5) is 0. The molecule has 0 saturated carbocycles. The molecular formula is C15H10Cl2S. The van der Waals surface area contributed by atoms with Crippen molar-refractivity contribution < 1.29 is 0 Å². The summed E-state index contributed by atoms with van der Waals surface area (Å²) < 4.78 is 1.30. The molecule has 0 saturated heterocycles. The molecule has 2 aromatic carbocycles. The summed E-state index contributed by atoms with van der Waals surface area (Å²) in [7, 11) is 0. The van der Waals surface area contributed by atoms with E-state index in [2.05, 4.69) is 29.6 Å². The molecule has 0 radical (unpaired) electrons. The lowest BCUT2D eigenvalue weighted by atomic mass is 10.0. The highest BCUT2D eigenvalue weighted by Crippen LogP contribution is 2.31. The third-order valence-corrected chi connectivity index (χ3v) is 4.61. The lowest BCUT2D eigenvalue weighted by molar-refractivity contribution is 1.22. The topological polar surface area (TPSA) is 0 Å². The quantitative estimate of drug-likeness (QED) is 0.560. The Labute approximate surface area is 120 Å². The first-order valence-electron chi connectivity index (χ1n) is 5.63. The Balaban J connectivity index is 2.09. The predicted molar refractivity (Wildman–Crippen MR) is 81.1 cm³/mol. The zero-order valence-electron chi connectivity index (χ0n) is 9.49. The highest BCUT2D eigenvalue weighted by molar-refractivity contribution is 7.17. The van der Waals surface area contributed by atoms with Crippen LogP contribution in [-0.4, -0.2) is 0 Å². The van der Waals surface area contributed by atoms with Crippen molar-refractivity contribution >= 4 is 44.6 Å². The number of fused-ring (bicyclic) bond motifs is 1. The Morgan fingerprint density at radius 2 is 1.61 bits per heavy atom. The fourth-order valence-electron chi connectivity index (χ4n) is 2.10. The van der Waals surface area contributed by atoms with E-state index in [9.17, 15) is 0 Å². The van der Waals surface area contributed by atoms with Gasteiger partial charge < -0.3 is 0 Å². The normalized spacial score (nSPS) is 11.0. The Bertz CT molecular complexity index is 680. The number of benzene rings is 2. The number of hydrogen-bond donors (Lipinski definition) is 0. The molecule has 0 fully saturated rings. The molecule has 0 spiro atoms. The largest absolute Gasteiger partial charge is 0.144 e. The first-order valence-corrected chi connectivity index (χ1v) is 7.27. The van der Waals surface area contributed by atoms with E-state index in [1.54, 1.807) is 11.3 Å². The molecule has 0 amide bonds. The summed E-state index contributed by atoms with van der Waals surface area (Å²) in [5.74, 6) is 0. The second-order valence-corrected chi connectivity index (χ2v) is 5.89. The number of halogens is 2. The molecule has 0 aliphatic rings. The molecule has 3 rings (SSSR count). The number of rotatable bonds is 2. The first-order chi connectivity index (χ1) is 8.75. The molecule has 0 aliphatic heterocycles. The van der Waals surface area contributed by atoms with Crippen LogP contribution in [0.5, 0.6) is 0 Å². The van der Waals surface area contributed by atoms with Crippen LogP contribution in [0.4, 0.5) is 0 Å². The van der Waals surface area contributed by atoms with Crippen molar-refractivity contribution in [2.45, 2.75) is 6.42 Å². The maximum atomic E-state index is 6.22. The first kappa shape index (κ1) is 12.0. The highest BCUT2D eigenvalue weighted by atomic mass is 35.5. The highest BCUT2D eigenvalue weighted by Gasteiger charge is 2.09. The lowest BCUT2D eigenvalue weighted by Gasteiger charge is -2.08. The summed E-state index contributed by atoms with van der Waals surface area (Å²) in [6.07, 6.45) is 0.770. The summed E-state index contributed by atoms with van der Waals surface area (Å²) in [6, 6.07) is 14.2. The molecule has 0 bridgehead atoms. The zero-order valence-corrected chi connectivity index (χ0v) is 11.8. The predicted octanol–water partition coefficient (Wildman–Crippen LogP) is 5.80. The van der Waals surface area contributed by atoms with E-state index in [1.807, 2.05) is 18.2 Å². The average molecular weight is 293 g/mol. The van der Waals surface area contributed by atoms with E-state index >= 15 is 0 Å². The second-order valence-electron chi connectivity index (χ2n) is 4.13. The van der Waals surface area contributed by atoms with E-state index in [-0.39, 0.29) is 0 Å². The number of hydrogen-bond acceptors (Lipinski definition) is 1. The third kappa shape index (κ3) is 2.14. The Kier molecular flexibility index (Phi) is 3.29. The Morgan fingerprint density at radius 1 is 0.889 bits per heavy atom. The van der Waals surface area contributed by atoms with Gasteiger partial charge in [-0.2, -0.15) is 0 Å². The molecule has 3 aromatic rings. The minimum atomic E-state index is 0.731. The van der Waals surface area contributed by atoms with Crippen molar-refractivity contribution in [2.75, 3.05) is 0 Å². The van der Waals surface area contributed by atoms with Crippen molar-refractivity contribution in [1.29, 1.82) is 0 Å². The minimum Gasteiger partial charge on any atom is -0.144 e. The van der Waals surface area contributed by atoms with Gasteiger partial charge in [0.2, 0.25) is 0 Å². The third-order valence-electron chi connectivity index (χ3n) is 3.02. The van der Waals surface area contributed by atoms with E-state index < -0.39 is 0 Å². The van der Waals surface area contributed by atoms with Crippen LogP contribution in [0.1, 0.15) is 11.1 Å². The van der Waals surface area contributed by atoms with Crippen molar-refractivity contribution in [2.24, 2.45) is 0 Å². The van der Waals surface area contributed by atoms with Crippen LogP contribution in [-0.2, 0) is 6.42 Å². The van der Waals surface area contributed by atoms with Crippen LogP contribution >= 0.6 is 34.5 Å². The van der Waals surface area contributed by atoms with Gasteiger partial charge in [-0.3, -0.25) is 0 Å². The monoisotopic (exact) mass is 292 g/mol. The maximum Gasteiger partial charge on any atom is 0.0456 e. The molecule has 1 aromatic heterocycles. The molecule has 0 nitrogen and oxygen atoms in total. The van der Waals surface area contributed by atoms with Gasteiger partial charge in [-0.25, -0.2) is 0 Å². The molecule has 0 unspecified atom stereocenters. The van der Waals surface area contributed by atoms with Crippen molar-refractivity contribution in [3.63, 3.8) is 0 Å². The van der Waals surface area contributed by atoms with Gasteiger partial charge in [0.15, 0.2) is 0 Å². The summed E-state index contributed by atoms with van der Waals surface area (Å²) in [6.45, 7) is 0. The molecule has 3 heteroatoms. The van der Waals surface area contributed by atoms with Crippen LogP contribution in [0, 0.1) is 0 Å². The number of thiophene rings is 1. The zero-order chi connectivity index (χ0) is 12.5. The van der Waals surface area contributed by atoms with Gasteiger partial charge in [0, 0.05) is 21.2 Å². The summed E-state index contributed by atoms with van der Waals surface area (Å²) in [5.41, 5.74) is 2.27.